The van der Waals surface area contributed by atoms with Crippen molar-refractivity contribution in [3.05, 3.63) is 25.3 Å². The Bertz CT molecular complexity index is 225. The molecule has 0 saturated carbocycles. The fraction of sp³-hybridized carbons (Fsp3) is 0.545. The van der Waals surface area contributed by atoms with Gasteiger partial charge in [-0.2, -0.15) is 0 Å². The Morgan fingerprint density at radius 1 is 1.43 bits per heavy atom. The quantitative estimate of drug-likeness (QED) is 0.645. The molecule has 3 heteroatoms. The van der Waals surface area contributed by atoms with Crippen molar-refractivity contribution in [2.24, 2.45) is 4.99 Å². The Morgan fingerprint density at radius 2 is 2.14 bits per heavy atom. The van der Waals surface area contributed by atoms with Gasteiger partial charge in [-0.3, -0.25) is 4.99 Å². The molecule has 0 amide bonds. The predicted octanol–water partition coefficient (Wildman–Crippen LogP) is 1.21. The van der Waals surface area contributed by atoms with Crippen molar-refractivity contribution in [3.8, 4) is 0 Å². The summed E-state index contributed by atoms with van der Waals surface area (Å²) < 4.78 is 0. The van der Waals surface area contributed by atoms with Crippen LogP contribution in [0.5, 0.6) is 0 Å². The van der Waals surface area contributed by atoms with Crippen molar-refractivity contribution >= 4 is 6.34 Å². The number of nitrogens with zero attached hydrogens (tertiary/aromatic N) is 2. The molecule has 0 radical (unpaired) electrons. The minimum Gasteiger partial charge on any atom is -0.391 e. The number of aliphatic hydroxyl groups is 1. The lowest BCUT2D eigenvalue weighted by atomic mass is 10.0. The fourth-order valence-electron chi connectivity index (χ4n) is 1.66. The molecule has 0 saturated heterocycles. The van der Waals surface area contributed by atoms with E-state index in [0.717, 1.165) is 19.5 Å². The third-order valence-corrected chi connectivity index (χ3v) is 2.40. The molecule has 2 unspecified atom stereocenters. The summed E-state index contributed by atoms with van der Waals surface area (Å²) >= 11 is 0. The largest absolute Gasteiger partial charge is 0.391 e. The van der Waals surface area contributed by atoms with Gasteiger partial charge in [-0.1, -0.05) is 12.2 Å². The second kappa shape index (κ2) is 5.60. The maximum absolute atomic E-state index is 9.88. The Hall–Kier alpha value is -1.09. The molecule has 1 aliphatic heterocycles. The van der Waals surface area contributed by atoms with E-state index in [2.05, 4.69) is 23.1 Å². The molecule has 1 heterocycles. The lowest BCUT2D eigenvalue weighted by Gasteiger charge is -2.29. The zero-order valence-electron chi connectivity index (χ0n) is 8.47. The van der Waals surface area contributed by atoms with Crippen LogP contribution < -0.4 is 0 Å². The lowest BCUT2D eigenvalue weighted by molar-refractivity contribution is 0.0937. The van der Waals surface area contributed by atoms with Crippen LogP contribution in [0.15, 0.2) is 30.3 Å². The van der Waals surface area contributed by atoms with Crippen LogP contribution in [0.1, 0.15) is 12.8 Å². The normalized spacial score (nSPS) is 19.4. The summed E-state index contributed by atoms with van der Waals surface area (Å²) in [6.45, 7) is 9.06. The van der Waals surface area contributed by atoms with Gasteiger partial charge in [-0.25, -0.2) is 0 Å². The molecule has 0 fully saturated rings. The van der Waals surface area contributed by atoms with E-state index in [1.807, 2.05) is 12.4 Å². The maximum Gasteiger partial charge on any atom is 0.0854 e. The number of rotatable bonds is 6. The van der Waals surface area contributed by atoms with Crippen molar-refractivity contribution in [2.75, 3.05) is 13.1 Å². The highest BCUT2D eigenvalue weighted by Gasteiger charge is 2.23. The zero-order chi connectivity index (χ0) is 10.4. The minimum atomic E-state index is -0.380. The molecule has 0 aromatic heterocycles. The molecule has 78 valence electrons. The molecule has 3 nitrogen and oxygen atoms in total. The monoisotopic (exact) mass is 194 g/mol. The first-order valence-corrected chi connectivity index (χ1v) is 4.95. The van der Waals surface area contributed by atoms with E-state index in [0.29, 0.717) is 6.42 Å². The summed E-state index contributed by atoms with van der Waals surface area (Å²) in [5.41, 5.74) is 0. The predicted molar refractivity (Wildman–Crippen MR) is 59.5 cm³/mol. The van der Waals surface area contributed by atoms with Crippen LogP contribution in [-0.4, -0.2) is 41.6 Å². The first-order valence-electron chi connectivity index (χ1n) is 4.95. The van der Waals surface area contributed by atoms with Crippen molar-refractivity contribution in [3.63, 3.8) is 0 Å². The maximum atomic E-state index is 9.88. The van der Waals surface area contributed by atoms with E-state index < -0.39 is 0 Å². The topological polar surface area (TPSA) is 35.8 Å². The molecule has 0 aromatic carbocycles. The molecule has 1 rings (SSSR count). The first-order chi connectivity index (χ1) is 6.79. The van der Waals surface area contributed by atoms with Crippen molar-refractivity contribution in [2.45, 2.75) is 25.0 Å². The average Bonchev–Trinajstić information content (AvgIpc) is 2.67. The molecule has 0 bridgehead atoms. The highest BCUT2D eigenvalue weighted by atomic mass is 16.3. The van der Waals surface area contributed by atoms with E-state index in [-0.39, 0.29) is 12.1 Å². The van der Waals surface area contributed by atoms with Crippen molar-refractivity contribution in [1.29, 1.82) is 0 Å². The van der Waals surface area contributed by atoms with Crippen LogP contribution in [0.3, 0.4) is 0 Å². The van der Waals surface area contributed by atoms with E-state index in [4.69, 9.17) is 0 Å². The summed E-state index contributed by atoms with van der Waals surface area (Å²) in [7, 11) is 0. The smallest absolute Gasteiger partial charge is 0.0854 e. The second-order valence-electron chi connectivity index (χ2n) is 3.44. The molecular weight excluding hydrogens is 176 g/mol. The highest BCUT2D eigenvalue weighted by Crippen LogP contribution is 2.13. The van der Waals surface area contributed by atoms with Gasteiger partial charge in [0, 0.05) is 6.54 Å². The van der Waals surface area contributed by atoms with Crippen LogP contribution in [0, 0.1) is 0 Å². The number of aliphatic hydroxyl groups excluding tert-OH is 1. The van der Waals surface area contributed by atoms with E-state index in [1.165, 1.54) is 0 Å². The lowest BCUT2D eigenvalue weighted by Crippen LogP contribution is -2.41. The van der Waals surface area contributed by atoms with Crippen LogP contribution >= 0.6 is 0 Å². The van der Waals surface area contributed by atoms with Gasteiger partial charge in [0.15, 0.2) is 0 Å². The van der Waals surface area contributed by atoms with Crippen LogP contribution in [-0.2, 0) is 0 Å². The van der Waals surface area contributed by atoms with Crippen molar-refractivity contribution < 1.29 is 5.11 Å². The second-order valence-corrected chi connectivity index (χ2v) is 3.44. The van der Waals surface area contributed by atoms with Gasteiger partial charge in [0.1, 0.15) is 0 Å². The Balaban J connectivity index is 2.56. The van der Waals surface area contributed by atoms with Gasteiger partial charge in [0.25, 0.3) is 0 Å². The van der Waals surface area contributed by atoms with Gasteiger partial charge in [-0.05, 0) is 12.8 Å². The summed E-state index contributed by atoms with van der Waals surface area (Å²) in [5, 5.41) is 9.88. The standard InChI is InChI=1S/C11H18N2O/c1-3-5-10(11(14)6-4-2)13-8-7-12-9-13/h3-4,9-11,14H,1-2,5-8H2. The summed E-state index contributed by atoms with van der Waals surface area (Å²) in [6.07, 6.45) is 6.41. The van der Waals surface area contributed by atoms with Gasteiger partial charge >= 0.3 is 0 Å². The average molecular weight is 194 g/mol. The van der Waals surface area contributed by atoms with Crippen molar-refractivity contribution in [1.82, 2.24) is 4.90 Å². The van der Waals surface area contributed by atoms with Gasteiger partial charge in [0.2, 0.25) is 0 Å². The van der Waals surface area contributed by atoms with Crippen LogP contribution in [0.2, 0.25) is 0 Å². The van der Waals surface area contributed by atoms with Gasteiger partial charge < -0.3 is 10.0 Å². The van der Waals surface area contributed by atoms with E-state index >= 15 is 0 Å². The third-order valence-electron chi connectivity index (χ3n) is 2.40. The highest BCUT2D eigenvalue weighted by molar-refractivity contribution is 5.57. The molecule has 1 N–H and O–H groups in total. The Labute approximate surface area is 85.5 Å². The van der Waals surface area contributed by atoms with Crippen LogP contribution in [0.4, 0.5) is 0 Å². The molecule has 0 aliphatic carbocycles. The van der Waals surface area contributed by atoms with E-state index in [9.17, 15) is 5.11 Å². The molecule has 14 heavy (non-hydrogen) atoms. The first kappa shape index (κ1) is 11.0. The minimum absolute atomic E-state index is 0.0942. The van der Waals surface area contributed by atoms with Crippen LogP contribution in [0.25, 0.3) is 0 Å². The number of aliphatic imine (C=N–C) groups is 1. The SMILES string of the molecule is C=CCC(O)C(CC=C)N1C=NCC1. The molecule has 1 aliphatic rings. The van der Waals surface area contributed by atoms with Gasteiger partial charge in [-0.15, -0.1) is 13.2 Å². The summed E-state index contributed by atoms with van der Waals surface area (Å²) in [5.74, 6) is 0. The summed E-state index contributed by atoms with van der Waals surface area (Å²) in [4.78, 5) is 6.22. The summed E-state index contributed by atoms with van der Waals surface area (Å²) in [6, 6.07) is 0.0942. The molecule has 0 spiro atoms. The zero-order valence-corrected chi connectivity index (χ0v) is 8.47. The third kappa shape index (κ3) is 2.70. The Kier molecular flexibility index (Phi) is 4.40. The molecule has 2 atom stereocenters. The number of hydrogen-bond donors (Lipinski definition) is 1. The molecular formula is C11H18N2O. The Morgan fingerprint density at radius 3 is 2.64 bits per heavy atom. The fourth-order valence-corrected chi connectivity index (χ4v) is 1.66. The molecule has 0 aromatic rings. The number of hydrogen-bond acceptors (Lipinski definition) is 3. The van der Waals surface area contributed by atoms with E-state index in [1.54, 1.807) is 6.08 Å². The van der Waals surface area contributed by atoms with Gasteiger partial charge in [0.05, 0.1) is 25.0 Å².